The molecule has 7 nitrogen and oxygen atoms in total. The molecule has 0 saturated carbocycles. The number of aliphatic hydroxyl groups is 1. The summed E-state index contributed by atoms with van der Waals surface area (Å²) in [6, 6.07) is 13.0. The van der Waals surface area contributed by atoms with Gasteiger partial charge in [-0.1, -0.05) is 12.1 Å². The van der Waals surface area contributed by atoms with E-state index in [1.54, 1.807) is 62.8 Å². The van der Waals surface area contributed by atoms with Gasteiger partial charge in [0.05, 0.1) is 32.4 Å². The Hall–Kier alpha value is -3.32. The highest BCUT2D eigenvalue weighted by atomic mass is 16.5. The van der Waals surface area contributed by atoms with Crippen LogP contribution in [0.15, 0.2) is 54.1 Å². The molecule has 3 rings (SSSR count). The molecule has 1 aliphatic heterocycles. The first-order valence-corrected chi connectivity index (χ1v) is 9.07. The summed E-state index contributed by atoms with van der Waals surface area (Å²) in [5.74, 6) is -0.443. The predicted molar refractivity (Wildman–Crippen MR) is 107 cm³/mol. The lowest BCUT2D eigenvalue weighted by molar-refractivity contribution is -0.140. The smallest absolute Gasteiger partial charge is 0.295 e. The highest BCUT2D eigenvalue weighted by Gasteiger charge is 2.45. The molecule has 1 amide bonds. The third kappa shape index (κ3) is 3.95. The summed E-state index contributed by atoms with van der Waals surface area (Å²) in [5.41, 5.74) is 1.11. The number of Topliss-reactive ketones (excluding diaryl/α,β-unsaturated/α-hetero) is 1. The minimum Gasteiger partial charge on any atom is -0.507 e. The van der Waals surface area contributed by atoms with Crippen LogP contribution in [0.4, 0.5) is 0 Å². The maximum atomic E-state index is 12.8. The predicted octanol–water partition coefficient (Wildman–Crippen LogP) is 2.77. The van der Waals surface area contributed by atoms with Crippen LogP contribution in [-0.2, 0) is 14.3 Å². The number of amides is 1. The quantitative estimate of drug-likeness (QED) is 0.439. The number of nitrogens with zero attached hydrogens (tertiary/aromatic N) is 1. The maximum absolute atomic E-state index is 12.8. The summed E-state index contributed by atoms with van der Waals surface area (Å²) < 4.78 is 15.5. The Kier molecular flexibility index (Phi) is 6.19. The molecule has 2 aromatic rings. The monoisotopic (exact) mass is 397 g/mol. The lowest BCUT2D eigenvalue weighted by Crippen LogP contribution is -2.32. The number of likely N-dealkylation sites (tertiary alicyclic amines) is 1. The first-order chi connectivity index (χ1) is 14.0. The van der Waals surface area contributed by atoms with Crippen LogP contribution in [0.5, 0.6) is 11.5 Å². The van der Waals surface area contributed by atoms with Gasteiger partial charge in [0, 0.05) is 19.2 Å². The second-order valence-corrected chi connectivity index (χ2v) is 6.49. The van der Waals surface area contributed by atoms with Crippen molar-refractivity contribution in [1.29, 1.82) is 0 Å². The first-order valence-electron chi connectivity index (χ1n) is 9.07. The molecule has 152 valence electrons. The molecular weight excluding hydrogens is 374 g/mol. The molecule has 29 heavy (non-hydrogen) atoms. The summed E-state index contributed by atoms with van der Waals surface area (Å²) in [6.07, 6.45) is 0. The normalized spacial score (nSPS) is 18.2. The zero-order chi connectivity index (χ0) is 21.0. The second-order valence-electron chi connectivity index (χ2n) is 6.49. The Bertz CT molecular complexity index is 935. The molecule has 7 heteroatoms. The largest absolute Gasteiger partial charge is 0.507 e. The van der Waals surface area contributed by atoms with Gasteiger partial charge in [0.15, 0.2) is 0 Å². The van der Waals surface area contributed by atoms with E-state index in [0.29, 0.717) is 22.6 Å². The van der Waals surface area contributed by atoms with E-state index < -0.39 is 17.7 Å². The van der Waals surface area contributed by atoms with Gasteiger partial charge in [-0.05, 0) is 42.0 Å². The van der Waals surface area contributed by atoms with E-state index in [2.05, 4.69) is 0 Å². The van der Waals surface area contributed by atoms with Gasteiger partial charge in [-0.15, -0.1) is 0 Å². The summed E-state index contributed by atoms with van der Waals surface area (Å²) in [6.45, 7) is 0.471. The zero-order valence-electron chi connectivity index (χ0n) is 16.5. The van der Waals surface area contributed by atoms with Gasteiger partial charge in [-0.3, -0.25) is 9.59 Å². The second kappa shape index (κ2) is 8.79. The topological polar surface area (TPSA) is 85.3 Å². The molecular formula is C22H23NO6. The number of hydrogen-bond donors (Lipinski definition) is 1. The van der Waals surface area contributed by atoms with E-state index in [0.717, 1.165) is 0 Å². The van der Waals surface area contributed by atoms with Crippen LogP contribution in [-0.4, -0.2) is 56.2 Å². The lowest BCUT2D eigenvalue weighted by atomic mass is 9.95. The van der Waals surface area contributed by atoms with Crippen LogP contribution >= 0.6 is 0 Å². The van der Waals surface area contributed by atoms with Gasteiger partial charge in [-0.2, -0.15) is 0 Å². The van der Waals surface area contributed by atoms with Gasteiger partial charge in [0.2, 0.25) is 0 Å². The average Bonchev–Trinajstić information content (AvgIpc) is 3.02. The van der Waals surface area contributed by atoms with E-state index in [1.807, 2.05) is 0 Å². The molecule has 1 N–H and O–H groups in total. The van der Waals surface area contributed by atoms with Crippen LogP contribution in [0.2, 0.25) is 0 Å². The number of methoxy groups -OCH3 is 3. The number of aliphatic hydroxyl groups excluding tert-OH is 1. The van der Waals surface area contributed by atoms with E-state index in [9.17, 15) is 14.7 Å². The molecule has 0 bridgehead atoms. The fourth-order valence-corrected chi connectivity index (χ4v) is 3.36. The first kappa shape index (κ1) is 20.4. The van der Waals surface area contributed by atoms with E-state index in [1.165, 1.54) is 12.0 Å². The van der Waals surface area contributed by atoms with Crippen molar-refractivity contribution >= 4 is 17.4 Å². The van der Waals surface area contributed by atoms with Gasteiger partial charge >= 0.3 is 0 Å². The molecule has 0 aliphatic carbocycles. The van der Waals surface area contributed by atoms with Crippen molar-refractivity contribution in [2.75, 3.05) is 34.5 Å². The van der Waals surface area contributed by atoms with Gasteiger partial charge in [-0.25, -0.2) is 0 Å². The highest BCUT2D eigenvalue weighted by Crippen LogP contribution is 2.40. The number of rotatable bonds is 7. The summed E-state index contributed by atoms with van der Waals surface area (Å²) >= 11 is 0. The van der Waals surface area contributed by atoms with Crippen LogP contribution in [0.1, 0.15) is 17.2 Å². The van der Waals surface area contributed by atoms with Crippen molar-refractivity contribution in [2.24, 2.45) is 0 Å². The SMILES string of the molecule is COCCN1C(=O)C(=O)C(=C(O)c2ccc(OC)cc2)[C@@H]1c1cccc(OC)c1. The van der Waals surface area contributed by atoms with E-state index in [-0.39, 0.29) is 24.5 Å². The molecule has 1 fully saturated rings. The van der Waals surface area contributed by atoms with Gasteiger partial charge < -0.3 is 24.2 Å². The molecule has 1 saturated heterocycles. The third-order valence-corrected chi connectivity index (χ3v) is 4.85. The number of benzene rings is 2. The van der Waals surface area contributed by atoms with Crippen LogP contribution in [0, 0.1) is 0 Å². The molecule has 0 unspecified atom stereocenters. The standard InChI is InChI=1S/C22H23NO6/c1-27-12-11-23-19(15-5-4-6-17(13-15)29-3)18(21(25)22(23)26)20(24)14-7-9-16(28-2)10-8-14/h4-10,13,19,24H,11-12H2,1-3H3/t19-/m0/s1. The fraction of sp³-hybridized carbons (Fsp3) is 0.273. The molecule has 0 aromatic heterocycles. The van der Waals surface area contributed by atoms with Crippen LogP contribution in [0.25, 0.3) is 5.76 Å². The number of carbonyl (C=O) groups excluding carboxylic acids is 2. The maximum Gasteiger partial charge on any atom is 0.295 e. The van der Waals surface area contributed by atoms with Crippen molar-refractivity contribution in [3.8, 4) is 11.5 Å². The average molecular weight is 397 g/mol. The number of ketones is 1. The molecule has 1 aliphatic rings. The number of hydrogen-bond acceptors (Lipinski definition) is 6. The van der Waals surface area contributed by atoms with Gasteiger partial charge in [0.25, 0.3) is 11.7 Å². The van der Waals surface area contributed by atoms with Crippen LogP contribution in [0.3, 0.4) is 0 Å². The minimum absolute atomic E-state index is 0.0320. The summed E-state index contributed by atoms with van der Waals surface area (Å²) in [5, 5.41) is 11.0. The molecule has 0 spiro atoms. The Morgan fingerprint density at radius 3 is 2.31 bits per heavy atom. The number of carbonyl (C=O) groups is 2. The van der Waals surface area contributed by atoms with Crippen LogP contribution < -0.4 is 9.47 Å². The van der Waals surface area contributed by atoms with E-state index >= 15 is 0 Å². The highest BCUT2D eigenvalue weighted by molar-refractivity contribution is 6.46. The molecule has 1 atom stereocenters. The minimum atomic E-state index is -0.748. The van der Waals surface area contributed by atoms with Crippen molar-refractivity contribution in [3.63, 3.8) is 0 Å². The fourth-order valence-electron chi connectivity index (χ4n) is 3.36. The Balaban J connectivity index is 2.14. The molecule has 1 heterocycles. The van der Waals surface area contributed by atoms with E-state index in [4.69, 9.17) is 14.2 Å². The van der Waals surface area contributed by atoms with Crippen molar-refractivity contribution in [3.05, 3.63) is 65.2 Å². The van der Waals surface area contributed by atoms with Crippen molar-refractivity contribution in [2.45, 2.75) is 6.04 Å². The molecule has 0 radical (unpaired) electrons. The van der Waals surface area contributed by atoms with Gasteiger partial charge in [0.1, 0.15) is 17.3 Å². The third-order valence-electron chi connectivity index (χ3n) is 4.85. The van der Waals surface area contributed by atoms with Crippen molar-refractivity contribution < 1.29 is 28.9 Å². The summed E-state index contributed by atoms with van der Waals surface area (Å²) in [7, 11) is 4.60. The summed E-state index contributed by atoms with van der Waals surface area (Å²) in [4.78, 5) is 27.0. The number of ether oxygens (including phenoxy) is 3. The Morgan fingerprint density at radius 1 is 1.00 bits per heavy atom. The molecule has 2 aromatic carbocycles. The Labute approximate surface area is 169 Å². The Morgan fingerprint density at radius 2 is 1.69 bits per heavy atom. The van der Waals surface area contributed by atoms with Crippen molar-refractivity contribution in [1.82, 2.24) is 4.90 Å². The zero-order valence-corrected chi connectivity index (χ0v) is 16.5. The lowest BCUT2D eigenvalue weighted by Gasteiger charge is -2.25.